The van der Waals surface area contributed by atoms with Gasteiger partial charge in [0.25, 0.3) is 0 Å². The molecule has 1 aromatic carbocycles. The molecular formula is C11H15NO3S. The summed E-state index contributed by atoms with van der Waals surface area (Å²) in [7, 11) is 1.62. The van der Waals surface area contributed by atoms with E-state index < -0.39 is 0 Å². The fourth-order valence-corrected chi connectivity index (χ4v) is 2.09. The van der Waals surface area contributed by atoms with Crippen molar-refractivity contribution in [2.24, 2.45) is 0 Å². The van der Waals surface area contributed by atoms with Gasteiger partial charge in [0.1, 0.15) is 6.10 Å². The maximum atomic E-state index is 8.76. The molecule has 2 N–H and O–H groups in total. The lowest BCUT2D eigenvalue weighted by atomic mass is 10.2. The van der Waals surface area contributed by atoms with Crippen LogP contribution in [-0.4, -0.2) is 29.9 Å². The number of hydrogen-bond acceptors (Lipinski definition) is 5. The summed E-state index contributed by atoms with van der Waals surface area (Å²) in [6.45, 7) is 0.354. The number of rotatable bonds is 5. The Hall–Kier alpha value is -0.910. The van der Waals surface area contributed by atoms with E-state index in [1.807, 2.05) is 30.0 Å². The number of benzene rings is 1. The fourth-order valence-electron chi connectivity index (χ4n) is 1.53. The number of hydrogen-bond donors (Lipinski definition) is 2. The highest BCUT2D eigenvalue weighted by Gasteiger charge is 2.22. The zero-order valence-electron chi connectivity index (χ0n) is 9.10. The highest BCUT2D eigenvalue weighted by Crippen LogP contribution is 2.34. The maximum Gasteiger partial charge on any atom is 0.166 e. The molecule has 5 heteroatoms. The third-order valence-electron chi connectivity index (χ3n) is 2.44. The minimum absolute atomic E-state index is 0.263. The van der Waals surface area contributed by atoms with E-state index in [0.717, 1.165) is 22.8 Å². The number of ether oxygens (including phenoxy) is 2. The quantitative estimate of drug-likeness (QED) is 0.768. The molecule has 0 aromatic heterocycles. The van der Waals surface area contributed by atoms with Crippen LogP contribution in [0.15, 0.2) is 18.2 Å². The molecule has 0 unspecified atom stereocenters. The Balaban J connectivity index is 2.21. The van der Waals surface area contributed by atoms with Crippen molar-refractivity contribution in [2.75, 3.05) is 18.6 Å². The van der Waals surface area contributed by atoms with Gasteiger partial charge in [-0.3, -0.25) is 0 Å². The van der Waals surface area contributed by atoms with Crippen LogP contribution in [0.2, 0.25) is 0 Å². The smallest absolute Gasteiger partial charge is 0.166 e. The average molecular weight is 241 g/mol. The van der Waals surface area contributed by atoms with Crippen LogP contribution in [0.1, 0.15) is 5.56 Å². The summed E-state index contributed by atoms with van der Waals surface area (Å²) in [5.74, 6) is 3.48. The van der Waals surface area contributed by atoms with Crippen LogP contribution in [0.3, 0.4) is 0 Å². The van der Waals surface area contributed by atoms with Crippen LogP contribution < -0.4 is 15.0 Å². The van der Waals surface area contributed by atoms with Gasteiger partial charge in [0, 0.05) is 23.6 Å². The summed E-state index contributed by atoms with van der Waals surface area (Å²) in [6, 6.07) is 5.66. The molecule has 1 aliphatic heterocycles. The second-order valence-corrected chi connectivity index (χ2v) is 4.64. The molecule has 0 atom stereocenters. The van der Waals surface area contributed by atoms with Gasteiger partial charge in [-0.1, -0.05) is 12.1 Å². The first kappa shape index (κ1) is 11.6. The molecule has 0 spiro atoms. The predicted octanol–water partition coefficient (Wildman–Crippen LogP) is 1.67. The van der Waals surface area contributed by atoms with Crippen molar-refractivity contribution in [1.29, 1.82) is 0 Å². The van der Waals surface area contributed by atoms with Crippen molar-refractivity contribution >= 4 is 11.8 Å². The molecule has 1 aliphatic rings. The van der Waals surface area contributed by atoms with Crippen LogP contribution in [-0.2, 0) is 6.54 Å². The highest BCUT2D eigenvalue weighted by molar-refractivity contribution is 8.00. The van der Waals surface area contributed by atoms with Gasteiger partial charge in [0.15, 0.2) is 11.5 Å². The average Bonchev–Trinajstić information content (AvgIpc) is 2.25. The lowest BCUT2D eigenvalue weighted by molar-refractivity contribution is 0.157. The predicted molar refractivity (Wildman–Crippen MR) is 63.4 cm³/mol. The molecule has 0 amide bonds. The van der Waals surface area contributed by atoms with Crippen LogP contribution in [0.5, 0.6) is 11.5 Å². The molecule has 0 saturated carbocycles. The number of methoxy groups -OCH3 is 1. The van der Waals surface area contributed by atoms with Gasteiger partial charge in [-0.15, -0.1) is 0 Å². The molecule has 1 aromatic rings. The molecule has 0 aliphatic carbocycles. The number of hydroxylamine groups is 1. The molecule has 0 radical (unpaired) electrons. The van der Waals surface area contributed by atoms with Crippen LogP contribution in [0.4, 0.5) is 0 Å². The summed E-state index contributed by atoms with van der Waals surface area (Å²) in [5.41, 5.74) is 3.05. The molecule has 1 fully saturated rings. The van der Waals surface area contributed by atoms with Gasteiger partial charge < -0.3 is 14.7 Å². The van der Waals surface area contributed by atoms with Crippen molar-refractivity contribution in [3.8, 4) is 11.5 Å². The molecule has 1 heterocycles. The van der Waals surface area contributed by atoms with Gasteiger partial charge in [0.05, 0.1) is 7.11 Å². The molecule has 88 valence electrons. The number of thioether (sulfide) groups is 1. The van der Waals surface area contributed by atoms with E-state index in [0.29, 0.717) is 12.3 Å². The van der Waals surface area contributed by atoms with Crippen molar-refractivity contribution < 1.29 is 14.7 Å². The van der Waals surface area contributed by atoms with Gasteiger partial charge in [-0.25, -0.2) is 5.48 Å². The minimum atomic E-state index is 0.263. The second-order valence-electron chi connectivity index (χ2n) is 3.56. The third-order valence-corrected chi connectivity index (χ3v) is 3.66. The van der Waals surface area contributed by atoms with E-state index in [-0.39, 0.29) is 6.10 Å². The van der Waals surface area contributed by atoms with Crippen LogP contribution in [0.25, 0.3) is 0 Å². The molecule has 16 heavy (non-hydrogen) atoms. The number of nitrogens with one attached hydrogen (secondary N) is 1. The Bertz CT molecular complexity index is 355. The van der Waals surface area contributed by atoms with Crippen molar-refractivity contribution in [1.82, 2.24) is 5.48 Å². The van der Waals surface area contributed by atoms with Gasteiger partial charge in [0.2, 0.25) is 0 Å². The fraction of sp³-hybridized carbons (Fsp3) is 0.455. The van der Waals surface area contributed by atoms with Crippen molar-refractivity contribution in [2.45, 2.75) is 12.6 Å². The highest BCUT2D eigenvalue weighted by atomic mass is 32.2. The second kappa shape index (κ2) is 5.43. The molecule has 1 saturated heterocycles. The van der Waals surface area contributed by atoms with E-state index >= 15 is 0 Å². The van der Waals surface area contributed by atoms with E-state index in [4.69, 9.17) is 14.7 Å². The first-order valence-electron chi connectivity index (χ1n) is 5.12. The Kier molecular flexibility index (Phi) is 3.93. The van der Waals surface area contributed by atoms with Crippen LogP contribution in [0, 0.1) is 0 Å². The summed E-state index contributed by atoms with van der Waals surface area (Å²) >= 11 is 1.87. The molecule has 0 bridgehead atoms. The topological polar surface area (TPSA) is 50.7 Å². The summed E-state index contributed by atoms with van der Waals surface area (Å²) in [6.07, 6.45) is 0.263. The normalized spacial score (nSPS) is 15.6. The monoisotopic (exact) mass is 241 g/mol. The Morgan fingerprint density at radius 2 is 2.31 bits per heavy atom. The maximum absolute atomic E-state index is 8.76. The first-order valence-corrected chi connectivity index (χ1v) is 6.28. The lowest BCUT2D eigenvalue weighted by Crippen LogP contribution is -2.31. The van der Waals surface area contributed by atoms with E-state index in [2.05, 4.69) is 5.48 Å². The van der Waals surface area contributed by atoms with E-state index in [1.165, 1.54) is 0 Å². The Morgan fingerprint density at radius 3 is 2.88 bits per heavy atom. The number of para-hydroxylation sites is 1. The first-order chi connectivity index (χ1) is 7.85. The van der Waals surface area contributed by atoms with Crippen LogP contribution >= 0.6 is 11.8 Å². The summed E-state index contributed by atoms with van der Waals surface area (Å²) in [4.78, 5) is 0. The van der Waals surface area contributed by atoms with Crippen molar-refractivity contribution in [3.05, 3.63) is 23.8 Å². The van der Waals surface area contributed by atoms with Gasteiger partial charge in [-0.05, 0) is 6.07 Å². The summed E-state index contributed by atoms with van der Waals surface area (Å²) < 4.78 is 11.1. The minimum Gasteiger partial charge on any atom is -0.493 e. The zero-order chi connectivity index (χ0) is 11.4. The van der Waals surface area contributed by atoms with E-state index in [1.54, 1.807) is 7.11 Å². The molecule has 2 rings (SSSR count). The summed E-state index contributed by atoms with van der Waals surface area (Å²) in [5, 5.41) is 8.76. The van der Waals surface area contributed by atoms with E-state index in [9.17, 15) is 0 Å². The van der Waals surface area contributed by atoms with Gasteiger partial charge >= 0.3 is 0 Å². The molecular weight excluding hydrogens is 226 g/mol. The zero-order valence-corrected chi connectivity index (χ0v) is 9.92. The molecule has 4 nitrogen and oxygen atoms in total. The SMILES string of the molecule is COc1cccc(CNO)c1OC1CSC1. The Labute approximate surface area is 98.9 Å². The third kappa shape index (κ3) is 2.42. The largest absolute Gasteiger partial charge is 0.493 e. The lowest BCUT2D eigenvalue weighted by Gasteiger charge is -2.27. The van der Waals surface area contributed by atoms with Gasteiger partial charge in [-0.2, -0.15) is 11.8 Å². The Morgan fingerprint density at radius 1 is 1.50 bits per heavy atom. The van der Waals surface area contributed by atoms with Crippen molar-refractivity contribution in [3.63, 3.8) is 0 Å². The standard InChI is InChI=1S/C11H15NO3S/c1-14-10-4-2-3-8(5-12-13)11(10)15-9-6-16-7-9/h2-4,9,12-13H,5-7H2,1H3.